The molecule has 3 rings (SSSR count). The highest BCUT2D eigenvalue weighted by atomic mass is 16.5. The number of rotatable bonds is 8. The van der Waals surface area contributed by atoms with Gasteiger partial charge in [0, 0.05) is 19.0 Å². The van der Waals surface area contributed by atoms with Crippen LogP contribution in [0.3, 0.4) is 0 Å². The molecule has 2 unspecified atom stereocenters. The van der Waals surface area contributed by atoms with Crippen LogP contribution < -0.4 is 15.4 Å². The molecule has 2 atom stereocenters. The predicted molar refractivity (Wildman–Crippen MR) is 114 cm³/mol. The second kappa shape index (κ2) is 9.56. The Labute approximate surface area is 172 Å². The molecular weight excluding hydrogens is 366 g/mol. The zero-order valence-electron chi connectivity index (χ0n) is 17.3. The van der Waals surface area contributed by atoms with Crippen molar-refractivity contribution in [3.8, 4) is 5.75 Å². The third-order valence-electron chi connectivity index (χ3n) is 5.28. The zero-order chi connectivity index (χ0) is 20.8. The number of nitrogens with one attached hydrogen (secondary N) is 2. The molecule has 0 radical (unpaired) electrons. The van der Waals surface area contributed by atoms with Gasteiger partial charge in [0.25, 0.3) is 5.91 Å². The lowest BCUT2D eigenvalue weighted by atomic mass is 9.97. The third kappa shape index (κ3) is 5.81. The number of anilines is 1. The van der Waals surface area contributed by atoms with Crippen molar-refractivity contribution < 1.29 is 14.3 Å². The molecule has 6 heteroatoms. The van der Waals surface area contributed by atoms with Gasteiger partial charge in [0.2, 0.25) is 5.91 Å². The van der Waals surface area contributed by atoms with E-state index in [0.29, 0.717) is 24.4 Å². The number of benzene rings is 2. The first kappa shape index (κ1) is 20.9. The summed E-state index contributed by atoms with van der Waals surface area (Å²) in [4.78, 5) is 26.0. The minimum absolute atomic E-state index is 0.0449. The van der Waals surface area contributed by atoms with Gasteiger partial charge in [-0.2, -0.15) is 0 Å². The summed E-state index contributed by atoms with van der Waals surface area (Å²) in [5, 5.41) is 5.89. The smallest absolute Gasteiger partial charge is 0.262 e. The summed E-state index contributed by atoms with van der Waals surface area (Å²) < 4.78 is 5.51. The van der Waals surface area contributed by atoms with Crippen LogP contribution in [-0.2, 0) is 16.0 Å². The van der Waals surface area contributed by atoms with E-state index in [2.05, 4.69) is 34.6 Å². The molecule has 1 heterocycles. The van der Waals surface area contributed by atoms with Crippen LogP contribution in [0.25, 0.3) is 0 Å². The fourth-order valence-electron chi connectivity index (χ4n) is 3.44. The predicted octanol–water partition coefficient (Wildman–Crippen LogP) is 2.80. The van der Waals surface area contributed by atoms with Crippen LogP contribution in [0.5, 0.6) is 5.75 Å². The average molecular weight is 396 g/mol. The minimum atomic E-state index is -0.135. The van der Waals surface area contributed by atoms with Gasteiger partial charge in [0.05, 0.1) is 5.69 Å². The average Bonchev–Trinajstić information content (AvgIpc) is 2.71. The van der Waals surface area contributed by atoms with Crippen molar-refractivity contribution in [2.75, 3.05) is 32.6 Å². The number of fused-ring (bicyclic) bond motifs is 1. The second-order valence-electron chi connectivity index (χ2n) is 7.81. The quantitative estimate of drug-likeness (QED) is 0.721. The van der Waals surface area contributed by atoms with E-state index in [1.54, 1.807) is 0 Å². The summed E-state index contributed by atoms with van der Waals surface area (Å²) in [5.41, 5.74) is 2.98. The summed E-state index contributed by atoms with van der Waals surface area (Å²) >= 11 is 0. The van der Waals surface area contributed by atoms with Crippen molar-refractivity contribution in [1.82, 2.24) is 10.2 Å². The molecule has 1 aliphatic heterocycles. The lowest BCUT2D eigenvalue weighted by Crippen LogP contribution is -2.41. The molecule has 29 heavy (non-hydrogen) atoms. The van der Waals surface area contributed by atoms with Gasteiger partial charge in [-0.3, -0.25) is 9.59 Å². The van der Waals surface area contributed by atoms with Crippen LogP contribution in [-0.4, -0.2) is 50.0 Å². The van der Waals surface area contributed by atoms with E-state index in [1.165, 1.54) is 5.56 Å². The number of carbonyl (C=O) groups is 2. The first-order valence-corrected chi connectivity index (χ1v) is 9.96. The summed E-state index contributed by atoms with van der Waals surface area (Å²) in [6, 6.07) is 16.1. The molecular formula is C23H29N3O3. The Morgan fingerprint density at radius 3 is 2.69 bits per heavy atom. The molecule has 1 aliphatic rings. The van der Waals surface area contributed by atoms with Gasteiger partial charge in [-0.05, 0) is 49.7 Å². The molecule has 0 saturated carbocycles. The molecule has 6 nitrogen and oxygen atoms in total. The van der Waals surface area contributed by atoms with Crippen molar-refractivity contribution in [3.63, 3.8) is 0 Å². The molecule has 0 saturated heterocycles. The van der Waals surface area contributed by atoms with Crippen LogP contribution >= 0.6 is 0 Å². The standard InChI is InChI=1S/C23H29N3O3/c1-16(18-7-5-4-6-8-18)11-22(27)24-14-19(26(2)3)12-17-9-10-20-21(13-17)29-15-23(28)25-20/h4-10,13,16,19H,11-12,14-15H2,1-3H3,(H,24,27)(H,25,28). The summed E-state index contributed by atoms with van der Waals surface area (Å²) in [6.07, 6.45) is 1.24. The van der Waals surface area contributed by atoms with E-state index in [9.17, 15) is 9.59 Å². The Morgan fingerprint density at radius 2 is 1.97 bits per heavy atom. The van der Waals surface area contributed by atoms with Gasteiger partial charge in [0.1, 0.15) is 5.75 Å². The van der Waals surface area contributed by atoms with E-state index in [1.807, 2.05) is 50.5 Å². The highest BCUT2D eigenvalue weighted by Crippen LogP contribution is 2.29. The summed E-state index contributed by atoms with van der Waals surface area (Å²) in [7, 11) is 4.02. The SMILES string of the molecule is CC(CC(=O)NCC(Cc1ccc2c(c1)OCC(=O)N2)N(C)C)c1ccccc1. The van der Waals surface area contributed by atoms with Gasteiger partial charge in [-0.15, -0.1) is 0 Å². The van der Waals surface area contributed by atoms with E-state index < -0.39 is 0 Å². The lowest BCUT2D eigenvalue weighted by molar-refractivity contribution is -0.121. The molecule has 2 amide bonds. The molecule has 0 aromatic heterocycles. The van der Waals surface area contributed by atoms with E-state index in [-0.39, 0.29) is 30.4 Å². The molecule has 2 aromatic rings. The highest BCUT2D eigenvalue weighted by Gasteiger charge is 2.19. The van der Waals surface area contributed by atoms with E-state index in [0.717, 1.165) is 12.0 Å². The Balaban J connectivity index is 1.55. The number of nitrogens with zero attached hydrogens (tertiary/aromatic N) is 1. The Hall–Kier alpha value is -2.86. The van der Waals surface area contributed by atoms with Crippen molar-refractivity contribution in [1.29, 1.82) is 0 Å². The Kier molecular flexibility index (Phi) is 6.88. The summed E-state index contributed by atoms with van der Waals surface area (Å²) in [6.45, 7) is 2.69. The summed E-state index contributed by atoms with van der Waals surface area (Å²) in [5.74, 6) is 0.802. The Bertz CT molecular complexity index is 852. The van der Waals surface area contributed by atoms with Crippen molar-refractivity contribution in [2.45, 2.75) is 31.7 Å². The maximum absolute atomic E-state index is 12.4. The van der Waals surface area contributed by atoms with Gasteiger partial charge < -0.3 is 20.3 Å². The largest absolute Gasteiger partial charge is 0.482 e. The van der Waals surface area contributed by atoms with E-state index in [4.69, 9.17) is 4.74 Å². The van der Waals surface area contributed by atoms with E-state index >= 15 is 0 Å². The topological polar surface area (TPSA) is 70.7 Å². The van der Waals surface area contributed by atoms with Crippen molar-refractivity contribution in [2.24, 2.45) is 0 Å². The molecule has 154 valence electrons. The van der Waals surface area contributed by atoms with Crippen LogP contribution in [0, 0.1) is 0 Å². The maximum atomic E-state index is 12.4. The normalized spacial score (nSPS) is 15.1. The second-order valence-corrected chi connectivity index (χ2v) is 7.81. The first-order chi connectivity index (χ1) is 13.9. The minimum Gasteiger partial charge on any atom is -0.482 e. The maximum Gasteiger partial charge on any atom is 0.262 e. The number of amides is 2. The van der Waals surface area contributed by atoms with Crippen molar-refractivity contribution >= 4 is 17.5 Å². The molecule has 0 fully saturated rings. The molecule has 0 spiro atoms. The monoisotopic (exact) mass is 395 g/mol. The third-order valence-corrected chi connectivity index (χ3v) is 5.28. The number of hydrogen-bond acceptors (Lipinski definition) is 4. The van der Waals surface area contributed by atoms with Crippen LogP contribution in [0.2, 0.25) is 0 Å². The number of likely N-dealkylation sites (N-methyl/N-ethyl adjacent to an activating group) is 1. The van der Waals surface area contributed by atoms with Gasteiger partial charge in [-0.25, -0.2) is 0 Å². The molecule has 0 bridgehead atoms. The van der Waals surface area contributed by atoms with Gasteiger partial charge in [-0.1, -0.05) is 43.3 Å². The molecule has 2 aromatic carbocycles. The first-order valence-electron chi connectivity index (χ1n) is 9.96. The van der Waals surface area contributed by atoms with Gasteiger partial charge in [0.15, 0.2) is 6.61 Å². The van der Waals surface area contributed by atoms with Crippen LogP contribution in [0.4, 0.5) is 5.69 Å². The number of hydrogen-bond donors (Lipinski definition) is 2. The Morgan fingerprint density at radius 1 is 1.21 bits per heavy atom. The fraction of sp³-hybridized carbons (Fsp3) is 0.391. The molecule has 0 aliphatic carbocycles. The number of ether oxygens (including phenoxy) is 1. The fourth-order valence-corrected chi connectivity index (χ4v) is 3.44. The highest BCUT2D eigenvalue weighted by molar-refractivity contribution is 5.95. The lowest BCUT2D eigenvalue weighted by Gasteiger charge is -2.26. The van der Waals surface area contributed by atoms with Gasteiger partial charge >= 0.3 is 0 Å². The van der Waals surface area contributed by atoms with Crippen molar-refractivity contribution in [3.05, 3.63) is 59.7 Å². The van der Waals surface area contributed by atoms with Crippen LogP contribution in [0.1, 0.15) is 30.4 Å². The molecule has 2 N–H and O–H groups in total. The van der Waals surface area contributed by atoms with Crippen LogP contribution in [0.15, 0.2) is 48.5 Å². The number of carbonyl (C=O) groups excluding carboxylic acids is 2. The zero-order valence-corrected chi connectivity index (χ0v) is 17.3.